The van der Waals surface area contributed by atoms with Crippen LogP contribution >= 0.6 is 11.3 Å². The Balaban J connectivity index is 1.76. The van der Waals surface area contributed by atoms with Gasteiger partial charge in [-0.3, -0.25) is 4.79 Å². The van der Waals surface area contributed by atoms with Gasteiger partial charge in [0, 0.05) is 6.54 Å². The quantitative estimate of drug-likeness (QED) is 0.653. The Labute approximate surface area is 161 Å². The summed E-state index contributed by atoms with van der Waals surface area (Å²) in [5.41, 5.74) is 1.28. The molecule has 1 heterocycles. The maximum Gasteiger partial charge on any atom is 0.224 e. The van der Waals surface area contributed by atoms with Gasteiger partial charge in [-0.05, 0) is 34.7 Å². The van der Waals surface area contributed by atoms with E-state index in [0.717, 1.165) is 11.3 Å². The van der Waals surface area contributed by atoms with Crippen molar-refractivity contribution in [2.24, 2.45) is 0 Å². The number of hydrogen-bond acceptors (Lipinski definition) is 4. The van der Waals surface area contributed by atoms with Crippen LogP contribution in [-0.2, 0) is 21.1 Å². The third kappa shape index (κ3) is 4.81. The Bertz CT molecular complexity index is 985. The number of amides is 1. The second-order valence-corrected chi connectivity index (χ2v) is 9.29. The van der Waals surface area contributed by atoms with Crippen molar-refractivity contribution in [1.82, 2.24) is 5.32 Å². The first-order chi connectivity index (χ1) is 13.0. The average Bonchev–Trinajstić information content (AvgIpc) is 3.20. The summed E-state index contributed by atoms with van der Waals surface area (Å²) < 4.78 is 39.3. The van der Waals surface area contributed by atoms with Gasteiger partial charge in [-0.15, -0.1) is 11.3 Å². The molecule has 7 heteroatoms. The standard InChI is InChI=1S/C20H18FNO3S2/c21-17-10-8-15(9-11-17)13-19(23)22-14-18(16-5-2-1-3-6-16)27(24,25)20-7-4-12-26-20/h1-12,18H,13-14H2,(H,22,23)/t18-/m0/s1. The Morgan fingerprint density at radius 3 is 2.33 bits per heavy atom. The molecular formula is C20H18FNO3S2. The van der Waals surface area contributed by atoms with Gasteiger partial charge < -0.3 is 5.32 Å². The number of benzene rings is 2. The lowest BCUT2D eigenvalue weighted by molar-refractivity contribution is -0.120. The molecular weight excluding hydrogens is 385 g/mol. The van der Waals surface area contributed by atoms with Crippen LogP contribution in [-0.4, -0.2) is 20.9 Å². The van der Waals surface area contributed by atoms with E-state index in [4.69, 9.17) is 0 Å². The van der Waals surface area contributed by atoms with Crippen LogP contribution < -0.4 is 5.32 Å². The number of halogens is 1. The summed E-state index contributed by atoms with van der Waals surface area (Å²) in [6, 6.07) is 17.7. The number of carbonyl (C=O) groups excluding carboxylic acids is 1. The largest absolute Gasteiger partial charge is 0.354 e. The minimum atomic E-state index is -3.63. The molecule has 1 atom stereocenters. The molecule has 0 fully saturated rings. The maximum atomic E-state index is 13.0. The number of rotatable bonds is 7. The molecule has 27 heavy (non-hydrogen) atoms. The third-order valence-corrected chi connectivity index (χ3v) is 7.62. The van der Waals surface area contributed by atoms with E-state index in [0.29, 0.717) is 11.1 Å². The topological polar surface area (TPSA) is 63.2 Å². The minimum absolute atomic E-state index is 0.0374. The summed E-state index contributed by atoms with van der Waals surface area (Å²) in [5.74, 6) is -0.686. The highest BCUT2D eigenvalue weighted by molar-refractivity contribution is 7.93. The fourth-order valence-corrected chi connectivity index (χ4v) is 5.56. The van der Waals surface area contributed by atoms with Crippen molar-refractivity contribution in [3.8, 4) is 0 Å². The van der Waals surface area contributed by atoms with Crippen LogP contribution in [0.2, 0.25) is 0 Å². The van der Waals surface area contributed by atoms with Crippen molar-refractivity contribution in [3.05, 3.63) is 89.1 Å². The highest BCUT2D eigenvalue weighted by atomic mass is 32.2. The van der Waals surface area contributed by atoms with Crippen LogP contribution in [0.1, 0.15) is 16.4 Å². The zero-order valence-electron chi connectivity index (χ0n) is 14.3. The summed E-state index contributed by atoms with van der Waals surface area (Å²) in [5, 5.41) is 3.54. The molecule has 0 aliphatic heterocycles. The maximum absolute atomic E-state index is 13.0. The number of nitrogens with one attached hydrogen (secondary N) is 1. The van der Waals surface area contributed by atoms with Gasteiger partial charge in [-0.2, -0.15) is 0 Å². The Hall–Kier alpha value is -2.51. The Kier molecular flexibility index (Phi) is 6.03. The lowest BCUT2D eigenvalue weighted by Gasteiger charge is -2.18. The van der Waals surface area contributed by atoms with Gasteiger partial charge in [0.25, 0.3) is 0 Å². The normalized spacial score (nSPS) is 12.5. The first-order valence-electron chi connectivity index (χ1n) is 8.30. The molecule has 3 rings (SSSR count). The van der Waals surface area contributed by atoms with Crippen molar-refractivity contribution in [2.45, 2.75) is 15.9 Å². The molecule has 1 amide bonds. The summed E-state index contributed by atoms with van der Waals surface area (Å²) in [6.45, 7) is -0.0374. The van der Waals surface area contributed by atoms with E-state index < -0.39 is 15.1 Å². The second-order valence-electron chi connectivity index (χ2n) is 5.98. The van der Waals surface area contributed by atoms with Crippen LogP contribution in [0, 0.1) is 5.82 Å². The van der Waals surface area contributed by atoms with E-state index in [1.54, 1.807) is 41.8 Å². The molecule has 3 aromatic rings. The summed E-state index contributed by atoms with van der Waals surface area (Å²) in [4.78, 5) is 12.2. The second kappa shape index (κ2) is 8.45. The van der Waals surface area contributed by atoms with Crippen LogP contribution in [0.3, 0.4) is 0 Å². The zero-order chi connectivity index (χ0) is 19.3. The summed E-state index contributed by atoms with van der Waals surface area (Å²) in [7, 11) is -3.63. The van der Waals surface area contributed by atoms with Gasteiger partial charge in [0.1, 0.15) is 15.3 Å². The molecule has 0 radical (unpaired) electrons. The van der Waals surface area contributed by atoms with Crippen LogP contribution in [0.15, 0.2) is 76.3 Å². The smallest absolute Gasteiger partial charge is 0.224 e. The molecule has 0 aliphatic carbocycles. The molecule has 0 saturated carbocycles. The molecule has 0 aliphatic rings. The Morgan fingerprint density at radius 1 is 1.00 bits per heavy atom. The molecule has 4 nitrogen and oxygen atoms in total. The molecule has 0 saturated heterocycles. The monoisotopic (exact) mass is 403 g/mol. The third-order valence-electron chi connectivity index (χ3n) is 4.08. The van der Waals surface area contributed by atoms with Crippen LogP contribution in [0.25, 0.3) is 0 Å². The van der Waals surface area contributed by atoms with E-state index >= 15 is 0 Å². The van der Waals surface area contributed by atoms with Gasteiger partial charge >= 0.3 is 0 Å². The molecule has 0 bridgehead atoms. The fraction of sp³-hybridized carbons (Fsp3) is 0.150. The van der Waals surface area contributed by atoms with Gasteiger partial charge in [0.2, 0.25) is 5.91 Å². The van der Waals surface area contributed by atoms with Crippen LogP contribution in [0.5, 0.6) is 0 Å². The SMILES string of the molecule is O=C(Cc1ccc(F)cc1)NC[C@@H](c1ccccc1)S(=O)(=O)c1cccs1. The molecule has 0 spiro atoms. The fourth-order valence-electron chi connectivity index (χ4n) is 2.70. The molecule has 2 aromatic carbocycles. The van der Waals surface area contributed by atoms with E-state index in [1.807, 2.05) is 6.07 Å². The van der Waals surface area contributed by atoms with Gasteiger partial charge in [-0.25, -0.2) is 12.8 Å². The summed E-state index contributed by atoms with van der Waals surface area (Å²) >= 11 is 1.15. The molecule has 1 N–H and O–H groups in total. The first-order valence-corrected chi connectivity index (χ1v) is 10.7. The van der Waals surface area contributed by atoms with Gasteiger partial charge in [0.15, 0.2) is 9.84 Å². The highest BCUT2D eigenvalue weighted by Gasteiger charge is 2.30. The van der Waals surface area contributed by atoms with E-state index in [1.165, 1.54) is 24.3 Å². The number of sulfone groups is 1. The van der Waals surface area contributed by atoms with E-state index in [2.05, 4.69) is 5.32 Å². The number of carbonyl (C=O) groups is 1. The van der Waals surface area contributed by atoms with Crippen molar-refractivity contribution in [3.63, 3.8) is 0 Å². The first kappa shape index (κ1) is 19.3. The molecule has 1 aromatic heterocycles. The van der Waals surface area contributed by atoms with Gasteiger partial charge in [0.05, 0.1) is 6.42 Å². The van der Waals surface area contributed by atoms with E-state index in [9.17, 15) is 17.6 Å². The van der Waals surface area contributed by atoms with E-state index in [-0.39, 0.29) is 28.9 Å². The Morgan fingerprint density at radius 2 is 1.70 bits per heavy atom. The number of hydrogen-bond donors (Lipinski definition) is 1. The van der Waals surface area contributed by atoms with Crippen molar-refractivity contribution < 1.29 is 17.6 Å². The lowest BCUT2D eigenvalue weighted by Crippen LogP contribution is -2.32. The summed E-state index contributed by atoms with van der Waals surface area (Å²) in [6.07, 6.45) is 0.0564. The lowest BCUT2D eigenvalue weighted by atomic mass is 10.1. The van der Waals surface area contributed by atoms with Crippen molar-refractivity contribution >= 4 is 27.1 Å². The predicted octanol–water partition coefficient (Wildman–Crippen LogP) is 3.76. The van der Waals surface area contributed by atoms with Crippen molar-refractivity contribution in [2.75, 3.05) is 6.54 Å². The van der Waals surface area contributed by atoms with Gasteiger partial charge in [-0.1, -0.05) is 48.5 Å². The number of thiophene rings is 1. The average molecular weight is 404 g/mol. The van der Waals surface area contributed by atoms with Crippen LogP contribution in [0.4, 0.5) is 4.39 Å². The molecule has 140 valence electrons. The predicted molar refractivity (Wildman–Crippen MR) is 104 cm³/mol. The molecule has 0 unspecified atom stereocenters. The minimum Gasteiger partial charge on any atom is -0.354 e. The highest BCUT2D eigenvalue weighted by Crippen LogP contribution is 2.31. The zero-order valence-corrected chi connectivity index (χ0v) is 16.0. The van der Waals surface area contributed by atoms with Crippen molar-refractivity contribution in [1.29, 1.82) is 0 Å².